The number of nitrogens with one attached hydrogen (secondary N) is 1. The van der Waals surface area contributed by atoms with Gasteiger partial charge in [-0.1, -0.05) is 26.7 Å². The number of likely N-dealkylation sites (N-methyl/N-ethyl adjacent to an activating group) is 1. The number of carbonyl (C=O) groups excluding carboxylic acids is 1. The van der Waals surface area contributed by atoms with E-state index in [0.29, 0.717) is 30.8 Å². The minimum atomic E-state index is -0.393. The Morgan fingerprint density at radius 1 is 1.09 bits per heavy atom. The van der Waals surface area contributed by atoms with Crippen molar-refractivity contribution in [3.8, 4) is 0 Å². The van der Waals surface area contributed by atoms with Gasteiger partial charge < -0.3 is 31.7 Å². The zero-order valence-corrected chi connectivity index (χ0v) is 21.2. The van der Waals surface area contributed by atoms with E-state index < -0.39 is 5.82 Å². The topological polar surface area (TPSA) is 50.0 Å². The summed E-state index contributed by atoms with van der Waals surface area (Å²) in [6, 6.07) is 3.12. The number of hydrogen-bond donors (Lipinski definition) is 1. The van der Waals surface area contributed by atoms with Crippen molar-refractivity contribution in [2.45, 2.75) is 53.0 Å². The van der Waals surface area contributed by atoms with E-state index in [9.17, 15) is 9.59 Å². The van der Waals surface area contributed by atoms with Crippen LogP contribution in [0.2, 0.25) is 0 Å². The molecule has 1 aromatic carbocycles. The number of pyridine rings is 1. The molecule has 0 spiro atoms. The SMILES string of the molecule is CCCCN(CCCC)C(=O)c1cn(CC)c2cc(N3CC[NH+](C)CC3)c(F)cc2c1=O.[Cl-]. The smallest absolute Gasteiger partial charge is 0.259 e. The minimum Gasteiger partial charge on any atom is -1.00 e. The molecule has 0 atom stereocenters. The van der Waals surface area contributed by atoms with Gasteiger partial charge in [-0.2, -0.15) is 0 Å². The molecule has 1 aliphatic rings. The second-order valence-corrected chi connectivity index (χ2v) is 8.92. The molecule has 8 heteroatoms. The maximum Gasteiger partial charge on any atom is 0.259 e. The summed E-state index contributed by atoms with van der Waals surface area (Å²) in [7, 11) is 2.14. The Hall–Kier alpha value is -2.12. The minimum absolute atomic E-state index is 0. The number of aryl methyl sites for hydroxylation is 1. The van der Waals surface area contributed by atoms with Crippen molar-refractivity contribution in [2.75, 3.05) is 51.2 Å². The number of amides is 1. The third kappa shape index (κ3) is 6.07. The molecule has 0 bridgehead atoms. The first-order valence-corrected chi connectivity index (χ1v) is 12.1. The molecule has 0 aliphatic carbocycles. The highest BCUT2D eigenvalue weighted by Crippen LogP contribution is 2.25. The van der Waals surface area contributed by atoms with Crippen molar-refractivity contribution in [3.05, 3.63) is 39.9 Å². The van der Waals surface area contributed by atoms with Gasteiger partial charge in [-0.05, 0) is 31.9 Å². The lowest BCUT2D eigenvalue weighted by Gasteiger charge is -2.32. The molecule has 1 N–H and O–H groups in total. The van der Waals surface area contributed by atoms with Gasteiger partial charge in [0, 0.05) is 31.2 Å². The van der Waals surface area contributed by atoms with Crippen molar-refractivity contribution in [1.82, 2.24) is 9.47 Å². The van der Waals surface area contributed by atoms with E-state index in [1.807, 2.05) is 11.5 Å². The van der Waals surface area contributed by atoms with Crippen LogP contribution in [0, 0.1) is 5.82 Å². The second kappa shape index (κ2) is 12.4. The summed E-state index contributed by atoms with van der Waals surface area (Å²) in [5, 5.41) is 0.282. The number of hydrogen-bond acceptors (Lipinski definition) is 3. The van der Waals surface area contributed by atoms with E-state index in [2.05, 4.69) is 25.8 Å². The maximum absolute atomic E-state index is 15.1. The third-order valence-electron chi connectivity index (χ3n) is 6.53. The number of fused-ring (bicyclic) bond motifs is 1. The largest absolute Gasteiger partial charge is 1.00 e. The van der Waals surface area contributed by atoms with Gasteiger partial charge in [0.2, 0.25) is 5.43 Å². The Morgan fingerprint density at radius 3 is 2.24 bits per heavy atom. The standard InChI is InChI=1S/C25H37FN4O2.ClH/c1-5-8-10-30(11-9-6-2)25(32)20-18-28(7-3)22-17-23(21(26)16-19(22)24(20)31)29-14-12-27(4)13-15-29;/h16-18H,5-15H2,1-4H3;1H. The zero-order valence-electron chi connectivity index (χ0n) is 20.4. The predicted molar refractivity (Wildman–Crippen MR) is 128 cm³/mol. The Bertz CT molecular complexity index is 994. The Morgan fingerprint density at radius 2 is 1.70 bits per heavy atom. The van der Waals surface area contributed by atoms with Crippen LogP contribution < -0.4 is 27.6 Å². The molecule has 0 radical (unpaired) electrons. The third-order valence-corrected chi connectivity index (χ3v) is 6.53. The molecule has 3 rings (SSSR count). The number of piperazine rings is 1. The highest BCUT2D eigenvalue weighted by Gasteiger charge is 2.24. The van der Waals surface area contributed by atoms with Crippen molar-refractivity contribution in [1.29, 1.82) is 0 Å². The van der Waals surface area contributed by atoms with E-state index >= 15 is 4.39 Å². The normalized spacial score (nSPS) is 14.4. The van der Waals surface area contributed by atoms with Crippen LogP contribution in [0.15, 0.2) is 23.1 Å². The van der Waals surface area contributed by atoms with Crippen LogP contribution in [0.1, 0.15) is 56.8 Å². The van der Waals surface area contributed by atoms with Gasteiger partial charge in [0.25, 0.3) is 5.91 Å². The zero-order chi connectivity index (χ0) is 23.3. The van der Waals surface area contributed by atoms with Crippen molar-refractivity contribution in [3.63, 3.8) is 0 Å². The number of rotatable bonds is 9. The summed E-state index contributed by atoms with van der Waals surface area (Å²) in [4.78, 5) is 31.9. The number of quaternary nitrogens is 1. The average molecular weight is 481 g/mol. The first-order valence-electron chi connectivity index (χ1n) is 12.1. The monoisotopic (exact) mass is 480 g/mol. The van der Waals surface area contributed by atoms with Crippen LogP contribution in [0.3, 0.4) is 0 Å². The van der Waals surface area contributed by atoms with E-state index in [1.54, 1.807) is 17.2 Å². The molecule has 184 valence electrons. The number of aromatic nitrogens is 1. The van der Waals surface area contributed by atoms with Gasteiger partial charge in [-0.3, -0.25) is 9.59 Å². The molecular weight excluding hydrogens is 443 g/mol. The number of carbonyl (C=O) groups is 1. The molecular formula is C25H38ClFN4O2. The molecule has 6 nitrogen and oxygen atoms in total. The van der Waals surface area contributed by atoms with Crippen LogP contribution in [0.4, 0.5) is 10.1 Å². The Kier molecular flexibility index (Phi) is 10.2. The fourth-order valence-corrected chi connectivity index (χ4v) is 4.37. The second-order valence-electron chi connectivity index (χ2n) is 8.92. The quantitative estimate of drug-likeness (QED) is 0.528. The summed E-state index contributed by atoms with van der Waals surface area (Å²) < 4.78 is 17.1. The highest BCUT2D eigenvalue weighted by atomic mass is 35.5. The van der Waals surface area contributed by atoms with Crippen molar-refractivity contribution in [2.24, 2.45) is 0 Å². The molecule has 1 aromatic heterocycles. The summed E-state index contributed by atoms with van der Waals surface area (Å²) >= 11 is 0. The van der Waals surface area contributed by atoms with Crippen LogP contribution in [0.25, 0.3) is 10.9 Å². The van der Waals surface area contributed by atoms with E-state index in [4.69, 9.17) is 0 Å². The maximum atomic E-state index is 15.1. The lowest BCUT2D eigenvalue weighted by Crippen LogP contribution is -3.12. The molecule has 0 saturated carbocycles. The van der Waals surface area contributed by atoms with Crippen molar-refractivity contribution >= 4 is 22.5 Å². The van der Waals surface area contributed by atoms with Gasteiger partial charge in [0.15, 0.2) is 0 Å². The number of unbranched alkanes of at least 4 members (excludes halogenated alkanes) is 2. The molecule has 1 saturated heterocycles. The Balaban J connectivity index is 0.00000385. The predicted octanol–water partition coefficient (Wildman–Crippen LogP) is -0.458. The van der Waals surface area contributed by atoms with Crippen LogP contribution >= 0.6 is 0 Å². The van der Waals surface area contributed by atoms with Crippen LogP contribution in [0.5, 0.6) is 0 Å². The van der Waals surface area contributed by atoms with Crippen LogP contribution in [-0.2, 0) is 6.54 Å². The van der Waals surface area contributed by atoms with Gasteiger partial charge in [0.05, 0.1) is 44.4 Å². The lowest BCUT2D eigenvalue weighted by atomic mass is 10.1. The first kappa shape index (κ1) is 27.1. The summed E-state index contributed by atoms with van der Waals surface area (Å²) in [6.07, 6.45) is 5.43. The van der Waals surface area contributed by atoms with Crippen LogP contribution in [-0.4, -0.2) is 61.7 Å². The number of anilines is 1. The van der Waals surface area contributed by atoms with Gasteiger partial charge >= 0.3 is 0 Å². The fourth-order valence-electron chi connectivity index (χ4n) is 4.37. The van der Waals surface area contributed by atoms with E-state index in [0.717, 1.165) is 51.9 Å². The van der Waals surface area contributed by atoms with E-state index in [1.165, 1.54) is 11.0 Å². The molecule has 2 aromatic rings. The molecule has 2 heterocycles. The average Bonchev–Trinajstić information content (AvgIpc) is 2.80. The van der Waals surface area contributed by atoms with Gasteiger partial charge in [0.1, 0.15) is 11.4 Å². The fraction of sp³-hybridized carbons (Fsp3) is 0.600. The number of benzene rings is 1. The Labute approximate surface area is 202 Å². The summed E-state index contributed by atoms with van der Waals surface area (Å²) in [5.41, 5.74) is 0.992. The molecule has 1 fully saturated rings. The number of halogens is 2. The van der Waals surface area contributed by atoms with Gasteiger partial charge in [-0.25, -0.2) is 4.39 Å². The molecule has 1 amide bonds. The molecule has 33 heavy (non-hydrogen) atoms. The molecule has 0 unspecified atom stereocenters. The van der Waals surface area contributed by atoms with Crippen molar-refractivity contribution < 1.29 is 26.5 Å². The van der Waals surface area contributed by atoms with Gasteiger partial charge in [-0.15, -0.1) is 0 Å². The summed E-state index contributed by atoms with van der Waals surface area (Å²) in [6.45, 7) is 11.5. The number of nitrogens with zero attached hydrogens (tertiary/aromatic N) is 3. The first-order chi connectivity index (χ1) is 15.4. The lowest BCUT2D eigenvalue weighted by molar-refractivity contribution is -0.880. The molecule has 1 aliphatic heterocycles. The highest BCUT2D eigenvalue weighted by molar-refractivity contribution is 5.97. The van der Waals surface area contributed by atoms with E-state index in [-0.39, 0.29) is 34.7 Å². The summed E-state index contributed by atoms with van der Waals surface area (Å²) in [5.74, 6) is -0.636.